The van der Waals surface area contributed by atoms with Gasteiger partial charge in [0.2, 0.25) is 0 Å². The molecule has 3 aromatic rings. The Bertz CT molecular complexity index is 1020. The fourth-order valence-electron chi connectivity index (χ4n) is 4.04. The quantitative estimate of drug-likeness (QED) is 0.551. The van der Waals surface area contributed by atoms with E-state index in [1.54, 1.807) is 23.9 Å². The minimum absolute atomic E-state index is 0.122. The van der Waals surface area contributed by atoms with Crippen molar-refractivity contribution in [1.82, 2.24) is 19.8 Å². The maximum absolute atomic E-state index is 13.8. The number of aromatic nitrogens is 3. The van der Waals surface area contributed by atoms with E-state index >= 15 is 0 Å². The average Bonchev–Trinajstić information content (AvgIpc) is 3.14. The molecule has 0 unspecified atom stereocenters. The Morgan fingerprint density at radius 3 is 2.69 bits per heavy atom. The molecule has 152 valence electrons. The van der Waals surface area contributed by atoms with E-state index in [1.165, 1.54) is 0 Å². The lowest BCUT2D eigenvalue weighted by atomic mass is 10.0. The third kappa shape index (κ3) is 3.67. The molecule has 0 spiro atoms. The Labute approximate surface area is 179 Å². The van der Waals surface area contributed by atoms with Crippen LogP contribution in [0.25, 0.3) is 11.3 Å². The molecule has 0 bridgehead atoms. The van der Waals surface area contributed by atoms with Crippen molar-refractivity contribution in [2.24, 2.45) is 7.05 Å². The van der Waals surface area contributed by atoms with Gasteiger partial charge in [0.25, 0.3) is 5.91 Å². The molecule has 4 rings (SSSR count). The van der Waals surface area contributed by atoms with Gasteiger partial charge in [-0.1, -0.05) is 59.4 Å². The van der Waals surface area contributed by atoms with Gasteiger partial charge in [-0.25, -0.2) is 0 Å². The SMILES string of the molecule is Cc1onc(-c2ccccc2Cl)c1C(=O)N1CCCCC[C@H]1c1c(Cl)cnn1C. The summed E-state index contributed by atoms with van der Waals surface area (Å²) in [5, 5.41) is 9.53. The number of benzene rings is 1. The molecule has 0 radical (unpaired) electrons. The summed E-state index contributed by atoms with van der Waals surface area (Å²) in [7, 11) is 1.86. The normalized spacial score (nSPS) is 17.4. The molecule has 1 aromatic carbocycles. The highest BCUT2D eigenvalue weighted by Crippen LogP contribution is 2.37. The number of nitrogens with zero attached hydrogens (tertiary/aromatic N) is 4. The van der Waals surface area contributed by atoms with Crippen LogP contribution in [0.15, 0.2) is 35.0 Å². The highest BCUT2D eigenvalue weighted by Gasteiger charge is 2.34. The van der Waals surface area contributed by atoms with Crippen molar-refractivity contribution in [2.75, 3.05) is 6.54 Å². The van der Waals surface area contributed by atoms with Crippen molar-refractivity contribution in [3.8, 4) is 11.3 Å². The molecule has 0 aliphatic carbocycles. The molecule has 1 amide bonds. The largest absolute Gasteiger partial charge is 0.360 e. The maximum Gasteiger partial charge on any atom is 0.260 e. The van der Waals surface area contributed by atoms with Crippen LogP contribution >= 0.6 is 23.2 Å². The van der Waals surface area contributed by atoms with Crippen molar-refractivity contribution in [3.05, 3.63) is 57.5 Å². The molecule has 0 saturated carbocycles. The summed E-state index contributed by atoms with van der Waals surface area (Å²) in [5.74, 6) is 0.354. The zero-order valence-corrected chi connectivity index (χ0v) is 17.9. The van der Waals surface area contributed by atoms with Gasteiger partial charge in [0.15, 0.2) is 0 Å². The second kappa shape index (κ2) is 8.20. The standard InChI is InChI=1S/C21H22Cl2N4O2/c1-13-18(19(25-29-13)14-8-5-6-9-15(14)22)21(28)27-11-7-3-4-10-17(27)20-16(23)12-24-26(20)2/h5-6,8-9,12,17H,3-4,7,10-11H2,1-2H3/t17-/m0/s1. The summed E-state index contributed by atoms with van der Waals surface area (Å²) >= 11 is 12.8. The molecule has 0 N–H and O–H groups in total. The summed E-state index contributed by atoms with van der Waals surface area (Å²) in [6.07, 6.45) is 5.48. The Morgan fingerprint density at radius 1 is 1.17 bits per heavy atom. The first-order valence-electron chi connectivity index (χ1n) is 9.68. The molecule has 6 nitrogen and oxygen atoms in total. The zero-order chi connectivity index (χ0) is 20.5. The summed E-state index contributed by atoms with van der Waals surface area (Å²) in [5.41, 5.74) is 2.45. The molecular formula is C21H22Cl2N4O2. The van der Waals surface area contributed by atoms with Crippen LogP contribution in [0.4, 0.5) is 0 Å². The molecule has 8 heteroatoms. The van der Waals surface area contributed by atoms with E-state index in [-0.39, 0.29) is 11.9 Å². The number of hydrogen-bond donors (Lipinski definition) is 0. The number of carbonyl (C=O) groups is 1. The molecule has 2 aromatic heterocycles. The van der Waals surface area contributed by atoms with Crippen molar-refractivity contribution in [1.29, 1.82) is 0 Å². The molecule has 1 aliphatic rings. The van der Waals surface area contributed by atoms with Crippen LogP contribution in [0, 0.1) is 6.92 Å². The number of halogens is 2. The van der Waals surface area contributed by atoms with Gasteiger partial charge in [0.1, 0.15) is 17.0 Å². The van der Waals surface area contributed by atoms with E-state index in [1.807, 2.05) is 30.1 Å². The minimum Gasteiger partial charge on any atom is -0.360 e. The van der Waals surface area contributed by atoms with E-state index in [0.29, 0.717) is 39.2 Å². The van der Waals surface area contributed by atoms with E-state index in [2.05, 4.69) is 10.3 Å². The van der Waals surface area contributed by atoms with Gasteiger partial charge >= 0.3 is 0 Å². The maximum atomic E-state index is 13.8. The molecule has 1 atom stereocenters. The van der Waals surface area contributed by atoms with Crippen molar-refractivity contribution in [3.63, 3.8) is 0 Å². The first-order chi connectivity index (χ1) is 14.0. The fourth-order valence-corrected chi connectivity index (χ4v) is 4.55. The lowest BCUT2D eigenvalue weighted by molar-refractivity contribution is 0.0672. The van der Waals surface area contributed by atoms with E-state index in [4.69, 9.17) is 27.7 Å². The van der Waals surface area contributed by atoms with Crippen LogP contribution in [-0.2, 0) is 7.05 Å². The number of hydrogen-bond acceptors (Lipinski definition) is 4. The Kier molecular flexibility index (Phi) is 5.65. The van der Waals surface area contributed by atoms with Crippen LogP contribution in [0.2, 0.25) is 10.0 Å². The second-order valence-corrected chi connectivity index (χ2v) is 8.12. The van der Waals surface area contributed by atoms with Crippen LogP contribution in [0.3, 0.4) is 0 Å². The number of rotatable bonds is 3. The summed E-state index contributed by atoms with van der Waals surface area (Å²) in [4.78, 5) is 15.7. The van der Waals surface area contributed by atoms with Crippen LogP contribution in [-0.4, -0.2) is 32.3 Å². The monoisotopic (exact) mass is 432 g/mol. The van der Waals surface area contributed by atoms with Crippen molar-refractivity contribution < 1.29 is 9.32 Å². The van der Waals surface area contributed by atoms with Gasteiger partial charge in [0, 0.05) is 19.2 Å². The predicted octanol–water partition coefficient (Wildman–Crippen LogP) is 5.45. The minimum atomic E-state index is -0.154. The average molecular weight is 433 g/mol. The molecule has 1 saturated heterocycles. The van der Waals surface area contributed by atoms with Gasteiger partial charge in [-0.2, -0.15) is 5.10 Å². The van der Waals surface area contributed by atoms with E-state index in [0.717, 1.165) is 31.4 Å². The fraction of sp³-hybridized carbons (Fsp3) is 0.381. The van der Waals surface area contributed by atoms with Gasteiger partial charge in [-0.15, -0.1) is 0 Å². The first kappa shape index (κ1) is 20.0. The van der Waals surface area contributed by atoms with Crippen molar-refractivity contribution >= 4 is 29.1 Å². The Balaban J connectivity index is 1.79. The molecule has 1 fully saturated rings. The Hall–Kier alpha value is -2.31. The number of likely N-dealkylation sites (tertiary alicyclic amines) is 1. The topological polar surface area (TPSA) is 64.2 Å². The highest BCUT2D eigenvalue weighted by molar-refractivity contribution is 6.33. The lowest BCUT2D eigenvalue weighted by Crippen LogP contribution is -2.36. The van der Waals surface area contributed by atoms with Crippen LogP contribution in [0.5, 0.6) is 0 Å². The van der Waals surface area contributed by atoms with Crippen LogP contribution in [0.1, 0.15) is 53.5 Å². The number of carbonyl (C=O) groups excluding carboxylic acids is 1. The summed E-state index contributed by atoms with van der Waals surface area (Å²) in [6, 6.07) is 7.17. The van der Waals surface area contributed by atoms with Gasteiger partial charge < -0.3 is 9.42 Å². The predicted molar refractivity (Wildman–Crippen MR) is 112 cm³/mol. The van der Waals surface area contributed by atoms with Crippen LogP contribution < -0.4 is 0 Å². The molecule has 1 aliphatic heterocycles. The van der Waals surface area contributed by atoms with E-state index in [9.17, 15) is 4.79 Å². The first-order valence-corrected chi connectivity index (χ1v) is 10.4. The number of aryl methyl sites for hydroxylation is 2. The van der Waals surface area contributed by atoms with Gasteiger partial charge in [0.05, 0.1) is 28.0 Å². The third-order valence-electron chi connectivity index (χ3n) is 5.47. The zero-order valence-electron chi connectivity index (χ0n) is 16.4. The second-order valence-electron chi connectivity index (χ2n) is 7.31. The van der Waals surface area contributed by atoms with Gasteiger partial charge in [-0.05, 0) is 25.8 Å². The summed E-state index contributed by atoms with van der Waals surface area (Å²) in [6.45, 7) is 2.39. The molecular weight excluding hydrogens is 411 g/mol. The van der Waals surface area contributed by atoms with E-state index < -0.39 is 0 Å². The smallest absolute Gasteiger partial charge is 0.260 e. The molecule has 29 heavy (non-hydrogen) atoms. The summed E-state index contributed by atoms with van der Waals surface area (Å²) < 4.78 is 7.18. The number of amides is 1. The third-order valence-corrected chi connectivity index (χ3v) is 6.09. The Morgan fingerprint density at radius 2 is 1.97 bits per heavy atom. The lowest BCUT2D eigenvalue weighted by Gasteiger charge is -2.30. The van der Waals surface area contributed by atoms with Crippen molar-refractivity contribution in [2.45, 2.75) is 38.6 Å². The molecule has 3 heterocycles. The highest BCUT2D eigenvalue weighted by atomic mass is 35.5. The van der Waals surface area contributed by atoms with Gasteiger partial charge in [-0.3, -0.25) is 9.48 Å².